The Morgan fingerprint density at radius 2 is 1.44 bits per heavy atom. The fourth-order valence-electron chi connectivity index (χ4n) is 2.53. The Hall–Kier alpha value is -0.0400. The van der Waals surface area contributed by atoms with E-state index >= 15 is 0 Å². The summed E-state index contributed by atoms with van der Waals surface area (Å²) in [6.45, 7) is 4.30. The van der Waals surface area contributed by atoms with Crippen molar-refractivity contribution in [3.63, 3.8) is 0 Å². The molecule has 96 valence electrons. The highest BCUT2D eigenvalue weighted by Gasteiger charge is 2.38. The molecule has 1 N–H and O–H groups in total. The summed E-state index contributed by atoms with van der Waals surface area (Å²) < 4.78 is 0. The molecule has 1 nitrogen and oxygen atoms in total. The zero-order chi connectivity index (χ0) is 11.9. The minimum Gasteiger partial charge on any atom is -0.390 e. The fourth-order valence-corrected chi connectivity index (χ4v) is 2.53. The summed E-state index contributed by atoms with van der Waals surface area (Å²) in [5.41, 5.74) is -0.345. The van der Waals surface area contributed by atoms with Crippen molar-refractivity contribution < 1.29 is 5.11 Å². The van der Waals surface area contributed by atoms with E-state index in [1.807, 2.05) is 6.92 Å². The number of hydrogen-bond acceptors (Lipinski definition) is 1. The molecule has 1 rings (SSSR count). The van der Waals surface area contributed by atoms with Gasteiger partial charge in [-0.15, -0.1) is 0 Å². The Bertz CT molecular complexity index is 170. The predicted octanol–water partition coefficient (Wildman–Crippen LogP) is 4.68. The van der Waals surface area contributed by atoms with Gasteiger partial charge in [0.15, 0.2) is 0 Å². The second-order valence-electron chi connectivity index (χ2n) is 5.86. The molecule has 0 aromatic heterocycles. The largest absolute Gasteiger partial charge is 0.390 e. The second-order valence-corrected chi connectivity index (χ2v) is 5.86. The predicted molar refractivity (Wildman–Crippen MR) is 70.6 cm³/mol. The van der Waals surface area contributed by atoms with Gasteiger partial charge in [-0.1, -0.05) is 58.3 Å². The molecule has 0 aliphatic heterocycles. The summed E-state index contributed by atoms with van der Waals surface area (Å²) in [6, 6.07) is 0. The van der Waals surface area contributed by atoms with Crippen LogP contribution in [0.4, 0.5) is 0 Å². The second kappa shape index (κ2) is 7.32. The molecule has 0 bridgehead atoms. The molecule has 1 aliphatic carbocycles. The molecule has 0 radical (unpaired) electrons. The average molecular weight is 226 g/mol. The van der Waals surface area contributed by atoms with E-state index in [4.69, 9.17) is 0 Å². The lowest BCUT2D eigenvalue weighted by Crippen LogP contribution is -2.26. The van der Waals surface area contributed by atoms with E-state index in [0.29, 0.717) is 5.92 Å². The van der Waals surface area contributed by atoms with Gasteiger partial charge in [-0.05, 0) is 32.1 Å². The van der Waals surface area contributed by atoms with Crippen LogP contribution in [-0.2, 0) is 0 Å². The lowest BCUT2D eigenvalue weighted by Gasteiger charge is -2.22. The highest BCUT2D eigenvalue weighted by atomic mass is 16.3. The molecule has 16 heavy (non-hydrogen) atoms. The van der Waals surface area contributed by atoms with E-state index in [1.165, 1.54) is 64.2 Å². The zero-order valence-corrected chi connectivity index (χ0v) is 11.3. The molecule has 1 fully saturated rings. The summed E-state index contributed by atoms with van der Waals surface area (Å²) in [5, 5.41) is 10.1. The molecule has 0 spiro atoms. The van der Waals surface area contributed by atoms with E-state index in [1.54, 1.807) is 0 Å². The van der Waals surface area contributed by atoms with Crippen LogP contribution in [0.15, 0.2) is 0 Å². The maximum atomic E-state index is 10.1. The Labute approximate surface area is 102 Å². The smallest absolute Gasteiger partial charge is 0.0647 e. The van der Waals surface area contributed by atoms with Crippen LogP contribution in [0.25, 0.3) is 0 Å². The summed E-state index contributed by atoms with van der Waals surface area (Å²) in [7, 11) is 0. The minimum atomic E-state index is -0.345. The maximum absolute atomic E-state index is 10.1. The molecule has 0 amide bonds. The monoisotopic (exact) mass is 226 g/mol. The van der Waals surface area contributed by atoms with Crippen molar-refractivity contribution in [2.45, 2.75) is 90.1 Å². The molecular formula is C15H30O. The van der Waals surface area contributed by atoms with Crippen molar-refractivity contribution in [1.82, 2.24) is 0 Å². The van der Waals surface area contributed by atoms with Gasteiger partial charge in [0.2, 0.25) is 0 Å². The molecular weight excluding hydrogens is 196 g/mol. The van der Waals surface area contributed by atoms with Crippen LogP contribution in [-0.4, -0.2) is 10.7 Å². The van der Waals surface area contributed by atoms with E-state index in [0.717, 1.165) is 6.42 Å². The topological polar surface area (TPSA) is 20.2 Å². The average Bonchev–Trinajstić information content (AvgIpc) is 3.05. The summed E-state index contributed by atoms with van der Waals surface area (Å²) in [5.74, 6) is 0.622. The third-order valence-electron chi connectivity index (χ3n) is 3.99. The van der Waals surface area contributed by atoms with Gasteiger partial charge in [0.1, 0.15) is 0 Å². The molecule has 1 saturated carbocycles. The van der Waals surface area contributed by atoms with Crippen LogP contribution < -0.4 is 0 Å². The normalized spacial score (nSPS) is 19.7. The standard InChI is InChI=1S/C15H30O/c1-3-4-5-6-7-8-9-10-13-15(2,16)14-11-12-14/h14,16H,3-13H2,1-2H3. The van der Waals surface area contributed by atoms with Crippen LogP contribution in [0, 0.1) is 5.92 Å². The SMILES string of the molecule is CCCCCCCCCCC(C)(O)C1CC1. The van der Waals surface area contributed by atoms with E-state index < -0.39 is 0 Å². The first-order chi connectivity index (χ1) is 7.67. The maximum Gasteiger partial charge on any atom is 0.0647 e. The van der Waals surface area contributed by atoms with E-state index in [2.05, 4.69) is 6.92 Å². The van der Waals surface area contributed by atoms with Crippen molar-refractivity contribution in [2.24, 2.45) is 5.92 Å². The molecule has 1 unspecified atom stereocenters. The van der Waals surface area contributed by atoms with Crippen LogP contribution in [0.2, 0.25) is 0 Å². The number of hydrogen-bond donors (Lipinski definition) is 1. The van der Waals surface area contributed by atoms with Crippen molar-refractivity contribution in [1.29, 1.82) is 0 Å². The number of rotatable bonds is 10. The molecule has 0 aromatic rings. The minimum absolute atomic E-state index is 0.345. The van der Waals surface area contributed by atoms with E-state index in [-0.39, 0.29) is 5.60 Å². The van der Waals surface area contributed by atoms with Crippen LogP contribution in [0.1, 0.15) is 84.5 Å². The van der Waals surface area contributed by atoms with Gasteiger partial charge < -0.3 is 5.11 Å². The van der Waals surface area contributed by atoms with Crippen molar-refractivity contribution in [3.8, 4) is 0 Å². The quantitative estimate of drug-likeness (QED) is 0.536. The van der Waals surface area contributed by atoms with Crippen molar-refractivity contribution in [2.75, 3.05) is 0 Å². The molecule has 0 aromatic carbocycles. The van der Waals surface area contributed by atoms with Gasteiger partial charge in [0.05, 0.1) is 5.60 Å². The van der Waals surface area contributed by atoms with E-state index in [9.17, 15) is 5.11 Å². The van der Waals surface area contributed by atoms with Crippen molar-refractivity contribution in [3.05, 3.63) is 0 Å². The first-order valence-electron chi connectivity index (χ1n) is 7.39. The van der Waals surface area contributed by atoms with Gasteiger partial charge in [0, 0.05) is 0 Å². The Balaban J connectivity index is 1.84. The summed E-state index contributed by atoms with van der Waals surface area (Å²) in [6.07, 6.45) is 14.4. The van der Waals surface area contributed by atoms with Gasteiger partial charge in [0.25, 0.3) is 0 Å². The third-order valence-corrected chi connectivity index (χ3v) is 3.99. The van der Waals surface area contributed by atoms with Crippen LogP contribution in [0.5, 0.6) is 0 Å². The molecule has 0 heterocycles. The Morgan fingerprint density at radius 1 is 0.938 bits per heavy atom. The number of unbranched alkanes of at least 4 members (excludes halogenated alkanes) is 7. The highest BCUT2D eigenvalue weighted by molar-refractivity contribution is 4.90. The summed E-state index contributed by atoms with van der Waals surface area (Å²) in [4.78, 5) is 0. The molecule has 1 heteroatoms. The zero-order valence-electron chi connectivity index (χ0n) is 11.3. The molecule has 1 atom stereocenters. The van der Waals surface area contributed by atoms with Crippen LogP contribution >= 0.6 is 0 Å². The number of aliphatic hydroxyl groups is 1. The third kappa shape index (κ3) is 5.89. The first kappa shape index (κ1) is 14.0. The Morgan fingerprint density at radius 3 is 1.94 bits per heavy atom. The van der Waals surface area contributed by atoms with Crippen LogP contribution in [0.3, 0.4) is 0 Å². The Kier molecular flexibility index (Phi) is 6.41. The molecule has 0 saturated heterocycles. The highest BCUT2D eigenvalue weighted by Crippen LogP contribution is 2.42. The first-order valence-corrected chi connectivity index (χ1v) is 7.39. The van der Waals surface area contributed by atoms with Gasteiger partial charge in [-0.3, -0.25) is 0 Å². The lowest BCUT2D eigenvalue weighted by atomic mass is 9.93. The fraction of sp³-hybridized carbons (Fsp3) is 1.00. The van der Waals surface area contributed by atoms with Gasteiger partial charge in [-0.25, -0.2) is 0 Å². The lowest BCUT2D eigenvalue weighted by molar-refractivity contribution is 0.0255. The van der Waals surface area contributed by atoms with Crippen molar-refractivity contribution >= 4 is 0 Å². The molecule has 1 aliphatic rings. The van der Waals surface area contributed by atoms with Gasteiger partial charge >= 0.3 is 0 Å². The van der Waals surface area contributed by atoms with Gasteiger partial charge in [-0.2, -0.15) is 0 Å². The summed E-state index contributed by atoms with van der Waals surface area (Å²) >= 11 is 0.